The zero-order chi connectivity index (χ0) is 23.5. The minimum atomic E-state index is -0.0876. The highest BCUT2D eigenvalue weighted by Crippen LogP contribution is 2.21. The minimum absolute atomic E-state index is 0.00225. The van der Waals surface area contributed by atoms with E-state index in [4.69, 9.17) is 4.74 Å². The van der Waals surface area contributed by atoms with Crippen LogP contribution >= 0.6 is 0 Å². The van der Waals surface area contributed by atoms with Crippen molar-refractivity contribution in [1.29, 1.82) is 0 Å². The highest BCUT2D eigenvalue weighted by molar-refractivity contribution is 5.74. The normalized spacial score (nSPS) is 12.6. The zero-order valence-corrected chi connectivity index (χ0v) is 21.7. The van der Waals surface area contributed by atoms with E-state index in [2.05, 4.69) is 58.3 Å². The lowest BCUT2D eigenvalue weighted by Crippen LogP contribution is -2.52. The third kappa shape index (κ3) is 13.3. The van der Waals surface area contributed by atoms with Gasteiger partial charge in [0.15, 0.2) is 6.04 Å². The van der Waals surface area contributed by atoms with Gasteiger partial charge in [0.25, 0.3) is 0 Å². The van der Waals surface area contributed by atoms with E-state index in [1.165, 1.54) is 76.2 Å². The molecule has 0 heterocycles. The molecule has 0 bridgehead atoms. The Balaban J connectivity index is 2.52. The highest BCUT2D eigenvalue weighted by atomic mass is 16.5. The predicted octanol–water partition coefficient (Wildman–Crippen LogP) is 8.07. The van der Waals surface area contributed by atoms with Gasteiger partial charge < -0.3 is 9.22 Å². The first-order valence-electron chi connectivity index (χ1n) is 13.5. The second-order valence-electron chi connectivity index (χ2n) is 10.1. The Morgan fingerprint density at radius 1 is 0.750 bits per heavy atom. The zero-order valence-electron chi connectivity index (χ0n) is 21.7. The van der Waals surface area contributed by atoms with Gasteiger partial charge in [0, 0.05) is 12.0 Å². The molecule has 0 aliphatic rings. The molecule has 3 nitrogen and oxygen atoms in total. The molecule has 1 aromatic carbocycles. The van der Waals surface area contributed by atoms with Crippen LogP contribution in [0, 0.1) is 0 Å². The van der Waals surface area contributed by atoms with Crippen LogP contribution in [0.15, 0.2) is 30.3 Å². The van der Waals surface area contributed by atoms with E-state index >= 15 is 0 Å². The average Bonchev–Trinajstić information content (AvgIpc) is 2.77. The summed E-state index contributed by atoms with van der Waals surface area (Å²) in [6, 6.07) is 10.5. The van der Waals surface area contributed by atoms with Crippen molar-refractivity contribution in [3.8, 4) is 0 Å². The van der Waals surface area contributed by atoms with Gasteiger partial charge in [0.2, 0.25) is 0 Å². The van der Waals surface area contributed by atoms with Gasteiger partial charge in [-0.15, -0.1) is 0 Å². The van der Waals surface area contributed by atoms with Crippen molar-refractivity contribution in [2.45, 2.75) is 123 Å². The summed E-state index contributed by atoms with van der Waals surface area (Å²) in [6.07, 6.45) is 18.5. The number of benzene rings is 1. The number of likely N-dealkylation sites (N-methyl/N-ethyl adjacent to an activating group) is 1. The van der Waals surface area contributed by atoms with Crippen LogP contribution in [-0.2, 0) is 16.1 Å². The molecule has 1 aromatic rings. The quantitative estimate of drug-likeness (QED) is 0.115. The molecule has 0 aliphatic heterocycles. The molecule has 0 spiro atoms. The largest absolute Gasteiger partial charge is 0.461 e. The fourth-order valence-corrected chi connectivity index (χ4v) is 4.54. The van der Waals surface area contributed by atoms with Crippen molar-refractivity contribution in [3.63, 3.8) is 0 Å². The van der Waals surface area contributed by atoms with Crippen LogP contribution in [0.2, 0.25) is 0 Å². The number of rotatable bonds is 20. The summed E-state index contributed by atoms with van der Waals surface area (Å²) in [5.74, 6) is 0.00225. The maximum absolute atomic E-state index is 13.1. The molecule has 0 fully saturated rings. The molecule has 0 saturated heterocycles. The van der Waals surface area contributed by atoms with Gasteiger partial charge in [0.1, 0.15) is 6.54 Å². The van der Waals surface area contributed by atoms with Crippen LogP contribution in [0.3, 0.4) is 0 Å². The Hall–Kier alpha value is -1.35. The van der Waals surface area contributed by atoms with Gasteiger partial charge in [-0.05, 0) is 12.8 Å². The van der Waals surface area contributed by atoms with Gasteiger partial charge in [-0.25, -0.2) is 4.79 Å². The van der Waals surface area contributed by atoms with Crippen molar-refractivity contribution in [2.24, 2.45) is 0 Å². The van der Waals surface area contributed by atoms with Gasteiger partial charge in [0.05, 0.1) is 20.7 Å². The van der Waals surface area contributed by atoms with Crippen LogP contribution < -0.4 is 0 Å². The van der Waals surface area contributed by atoms with E-state index < -0.39 is 0 Å². The summed E-state index contributed by atoms with van der Waals surface area (Å²) in [5, 5.41) is 0. The maximum atomic E-state index is 13.1. The molecule has 0 amide bonds. The average molecular weight is 447 g/mol. The number of hydrogen-bond donors (Lipinski definition) is 0. The molecule has 1 rings (SSSR count). The van der Waals surface area contributed by atoms with Crippen LogP contribution in [0.1, 0.15) is 116 Å². The van der Waals surface area contributed by atoms with Crippen molar-refractivity contribution in [3.05, 3.63) is 35.9 Å². The molecule has 32 heavy (non-hydrogen) atoms. The first-order chi connectivity index (χ1) is 15.5. The third-order valence-electron chi connectivity index (χ3n) is 6.62. The Morgan fingerprint density at radius 3 is 1.81 bits per heavy atom. The summed E-state index contributed by atoms with van der Waals surface area (Å²) in [6.45, 7) is 5.93. The molecular weight excluding hydrogens is 394 g/mol. The Kier molecular flexibility index (Phi) is 16.2. The van der Waals surface area contributed by atoms with Gasteiger partial charge in [-0.3, -0.25) is 0 Å². The van der Waals surface area contributed by atoms with Gasteiger partial charge in [-0.2, -0.15) is 0 Å². The van der Waals surface area contributed by atoms with Crippen LogP contribution in [0.25, 0.3) is 0 Å². The SMILES string of the molecule is CCCCCCCCCC[C@H](C(=O)OCCCCCCCC)[N+](C)(C)Cc1ccccc1. The van der Waals surface area contributed by atoms with E-state index in [1.807, 2.05) is 0 Å². The number of hydrogen-bond acceptors (Lipinski definition) is 2. The molecule has 0 N–H and O–H groups in total. The molecule has 0 unspecified atom stereocenters. The summed E-state index contributed by atoms with van der Waals surface area (Å²) in [4.78, 5) is 13.1. The number of ether oxygens (including phenoxy) is 1. The molecule has 1 atom stereocenters. The van der Waals surface area contributed by atoms with Crippen LogP contribution in [0.5, 0.6) is 0 Å². The number of carbonyl (C=O) groups excluding carboxylic acids is 1. The molecule has 0 radical (unpaired) electrons. The lowest BCUT2D eigenvalue weighted by molar-refractivity contribution is -0.920. The second-order valence-corrected chi connectivity index (χ2v) is 10.1. The predicted molar refractivity (Wildman–Crippen MR) is 138 cm³/mol. The molecule has 0 aliphatic carbocycles. The molecule has 3 heteroatoms. The van der Waals surface area contributed by atoms with E-state index in [0.717, 1.165) is 32.2 Å². The lowest BCUT2D eigenvalue weighted by Gasteiger charge is -2.36. The lowest BCUT2D eigenvalue weighted by atomic mass is 10.0. The van der Waals surface area contributed by atoms with E-state index in [0.29, 0.717) is 11.1 Å². The van der Waals surface area contributed by atoms with E-state index in [9.17, 15) is 4.79 Å². The summed E-state index contributed by atoms with van der Waals surface area (Å²) in [5.41, 5.74) is 1.28. The number of nitrogens with zero attached hydrogens (tertiary/aromatic N) is 1. The number of quaternary nitrogens is 1. The summed E-state index contributed by atoms with van der Waals surface area (Å²) in [7, 11) is 4.38. The molecular formula is C29H52NO2+. The molecule has 184 valence electrons. The molecule has 0 saturated carbocycles. The van der Waals surface area contributed by atoms with Crippen LogP contribution in [0.4, 0.5) is 0 Å². The highest BCUT2D eigenvalue weighted by Gasteiger charge is 2.35. The van der Waals surface area contributed by atoms with Gasteiger partial charge >= 0.3 is 5.97 Å². The van der Waals surface area contributed by atoms with Crippen molar-refractivity contribution in [2.75, 3.05) is 20.7 Å². The van der Waals surface area contributed by atoms with E-state index in [1.54, 1.807) is 0 Å². The van der Waals surface area contributed by atoms with Crippen molar-refractivity contribution >= 4 is 5.97 Å². The summed E-state index contributed by atoms with van der Waals surface area (Å²) < 4.78 is 6.47. The molecule has 0 aromatic heterocycles. The Morgan fingerprint density at radius 2 is 1.25 bits per heavy atom. The van der Waals surface area contributed by atoms with Crippen LogP contribution in [-0.4, -0.2) is 37.2 Å². The topological polar surface area (TPSA) is 26.3 Å². The fourth-order valence-electron chi connectivity index (χ4n) is 4.54. The first kappa shape index (κ1) is 28.7. The number of esters is 1. The number of unbranched alkanes of at least 4 members (excludes halogenated alkanes) is 12. The Labute approximate surface area is 199 Å². The third-order valence-corrected chi connectivity index (χ3v) is 6.62. The van der Waals surface area contributed by atoms with E-state index in [-0.39, 0.29) is 12.0 Å². The monoisotopic (exact) mass is 446 g/mol. The van der Waals surface area contributed by atoms with Gasteiger partial charge in [-0.1, -0.05) is 121 Å². The first-order valence-corrected chi connectivity index (χ1v) is 13.5. The fraction of sp³-hybridized carbons (Fsp3) is 0.759. The minimum Gasteiger partial charge on any atom is -0.461 e. The smallest absolute Gasteiger partial charge is 0.364 e. The second kappa shape index (κ2) is 18.1. The van der Waals surface area contributed by atoms with Crippen molar-refractivity contribution in [1.82, 2.24) is 0 Å². The number of carbonyl (C=O) groups is 1. The Bertz CT molecular complexity index is 570. The van der Waals surface area contributed by atoms with Crippen molar-refractivity contribution < 1.29 is 14.0 Å². The summed E-state index contributed by atoms with van der Waals surface area (Å²) >= 11 is 0. The maximum Gasteiger partial charge on any atom is 0.364 e. The standard InChI is InChI=1S/C29H52NO2/c1-5-7-9-11-13-14-15-20-24-28(29(31)32-25-21-16-12-10-8-6-2)30(3,4)26-27-22-18-17-19-23-27/h17-19,22-23,28H,5-16,20-21,24-26H2,1-4H3/q+1/t28-/m1/s1.